The first-order chi connectivity index (χ1) is 8.58. The van der Waals surface area contributed by atoms with Gasteiger partial charge in [0.2, 0.25) is 0 Å². The van der Waals surface area contributed by atoms with E-state index in [0.717, 1.165) is 41.2 Å². The zero-order valence-corrected chi connectivity index (χ0v) is 12.4. The Labute approximate surface area is 118 Å². The molecule has 0 saturated heterocycles. The van der Waals surface area contributed by atoms with Crippen LogP contribution in [0.1, 0.15) is 36.3 Å². The first-order valence-electron chi connectivity index (χ1n) is 6.15. The van der Waals surface area contributed by atoms with E-state index >= 15 is 0 Å². The van der Waals surface area contributed by atoms with E-state index in [4.69, 9.17) is 32.7 Å². The van der Waals surface area contributed by atoms with Crippen molar-refractivity contribution < 1.29 is 9.47 Å². The molecule has 0 aliphatic heterocycles. The number of ether oxygens (including phenoxy) is 2. The largest absolute Gasteiger partial charge is 0.493 e. The molecule has 0 spiro atoms. The van der Waals surface area contributed by atoms with Crippen LogP contribution in [0, 0.1) is 5.92 Å². The van der Waals surface area contributed by atoms with Crippen LogP contribution in [0.5, 0.6) is 11.5 Å². The highest BCUT2D eigenvalue weighted by molar-refractivity contribution is 6.32. The van der Waals surface area contributed by atoms with E-state index in [1.165, 1.54) is 0 Å². The minimum Gasteiger partial charge on any atom is -0.493 e. The first kappa shape index (κ1) is 13.8. The van der Waals surface area contributed by atoms with Gasteiger partial charge in [0.25, 0.3) is 0 Å². The second-order valence-corrected chi connectivity index (χ2v) is 5.77. The molecule has 0 N–H and O–H groups in total. The molecule has 1 aliphatic carbocycles. The molecule has 0 radical (unpaired) electrons. The molecule has 1 aromatic carbocycles. The van der Waals surface area contributed by atoms with Gasteiger partial charge in [-0.3, -0.25) is 0 Å². The number of halogens is 2. The van der Waals surface area contributed by atoms with Crippen molar-refractivity contribution in [1.29, 1.82) is 0 Å². The summed E-state index contributed by atoms with van der Waals surface area (Å²) in [7, 11) is 3.26. The van der Waals surface area contributed by atoms with Gasteiger partial charge in [0.15, 0.2) is 11.5 Å². The summed E-state index contributed by atoms with van der Waals surface area (Å²) in [6.45, 7) is 2.22. The molecule has 1 aromatic rings. The highest BCUT2D eigenvalue weighted by Crippen LogP contribution is 2.47. The van der Waals surface area contributed by atoms with Crippen LogP contribution in [0.3, 0.4) is 0 Å². The Morgan fingerprint density at radius 1 is 1.28 bits per heavy atom. The van der Waals surface area contributed by atoms with Crippen LogP contribution in [0.2, 0.25) is 5.02 Å². The maximum atomic E-state index is 6.54. The molecule has 1 aliphatic rings. The molecule has 0 amide bonds. The molecule has 100 valence electrons. The Kier molecular flexibility index (Phi) is 4.29. The van der Waals surface area contributed by atoms with Gasteiger partial charge in [-0.1, -0.05) is 18.5 Å². The third-order valence-corrected chi connectivity index (χ3v) is 4.31. The van der Waals surface area contributed by atoms with Crippen LogP contribution < -0.4 is 9.47 Å². The van der Waals surface area contributed by atoms with Gasteiger partial charge in [0.05, 0.1) is 19.6 Å². The number of benzene rings is 1. The molecular formula is C14H18Cl2O2. The molecule has 0 heterocycles. The molecule has 0 fully saturated rings. The third kappa shape index (κ3) is 2.41. The highest BCUT2D eigenvalue weighted by atomic mass is 35.5. The number of rotatable bonds is 2. The van der Waals surface area contributed by atoms with Crippen LogP contribution in [0.15, 0.2) is 6.07 Å². The second-order valence-electron chi connectivity index (χ2n) is 4.83. The third-order valence-electron chi connectivity index (χ3n) is 3.57. The van der Waals surface area contributed by atoms with Gasteiger partial charge in [-0.15, -0.1) is 11.6 Å². The van der Waals surface area contributed by atoms with Crippen LogP contribution in [-0.2, 0) is 6.42 Å². The average molecular weight is 289 g/mol. The summed E-state index contributed by atoms with van der Waals surface area (Å²) in [5.41, 5.74) is 2.12. The topological polar surface area (TPSA) is 18.5 Å². The summed E-state index contributed by atoms with van der Waals surface area (Å²) in [5.74, 6) is 1.97. The zero-order valence-electron chi connectivity index (χ0n) is 10.9. The van der Waals surface area contributed by atoms with Gasteiger partial charge in [0, 0.05) is 16.7 Å². The van der Waals surface area contributed by atoms with Crippen LogP contribution in [-0.4, -0.2) is 14.2 Å². The monoisotopic (exact) mass is 288 g/mol. The molecule has 2 rings (SSSR count). The first-order valence-corrected chi connectivity index (χ1v) is 6.97. The number of hydrogen-bond acceptors (Lipinski definition) is 2. The molecule has 4 heteroatoms. The Morgan fingerprint density at radius 2 is 2.00 bits per heavy atom. The zero-order chi connectivity index (χ0) is 13.3. The van der Waals surface area contributed by atoms with Crippen molar-refractivity contribution in [3.63, 3.8) is 0 Å². The summed E-state index contributed by atoms with van der Waals surface area (Å²) in [5, 5.41) is 0.655. The smallest absolute Gasteiger partial charge is 0.165 e. The SMILES string of the molecule is COc1cc(Cl)c2c(c1OC)C(Cl)CC(C)CC2. The van der Waals surface area contributed by atoms with E-state index in [-0.39, 0.29) is 5.38 Å². The van der Waals surface area contributed by atoms with Gasteiger partial charge in [-0.25, -0.2) is 0 Å². The van der Waals surface area contributed by atoms with Crippen molar-refractivity contribution in [2.24, 2.45) is 5.92 Å². The summed E-state index contributed by atoms with van der Waals surface area (Å²) in [4.78, 5) is 0. The number of hydrogen-bond donors (Lipinski definition) is 0. The minimum atomic E-state index is -0.0694. The summed E-state index contributed by atoms with van der Waals surface area (Å²) < 4.78 is 10.8. The molecule has 2 unspecified atom stereocenters. The van der Waals surface area contributed by atoms with Crippen molar-refractivity contribution in [2.45, 2.75) is 31.6 Å². The normalized spacial score (nSPS) is 23.2. The minimum absolute atomic E-state index is 0.0694. The summed E-state index contributed by atoms with van der Waals surface area (Å²) >= 11 is 12.9. The van der Waals surface area contributed by atoms with Gasteiger partial charge in [-0.2, -0.15) is 0 Å². The predicted molar refractivity (Wildman–Crippen MR) is 75.3 cm³/mol. The molecule has 0 bridgehead atoms. The molecule has 18 heavy (non-hydrogen) atoms. The Balaban J connectivity index is 2.62. The van der Waals surface area contributed by atoms with Gasteiger partial charge in [0.1, 0.15) is 0 Å². The Morgan fingerprint density at radius 3 is 2.61 bits per heavy atom. The number of fused-ring (bicyclic) bond motifs is 1. The van der Waals surface area contributed by atoms with E-state index in [9.17, 15) is 0 Å². The summed E-state index contributed by atoms with van der Waals surface area (Å²) in [6.07, 6.45) is 2.98. The fourth-order valence-electron chi connectivity index (χ4n) is 2.59. The van der Waals surface area contributed by atoms with E-state index in [0.29, 0.717) is 11.7 Å². The standard InChI is InChI=1S/C14H18Cl2O2/c1-8-4-5-9-10(15)7-12(17-2)14(18-3)13(9)11(16)6-8/h7-8,11H,4-6H2,1-3H3. The van der Waals surface area contributed by atoms with E-state index in [1.807, 2.05) is 6.07 Å². The Bertz CT molecular complexity index is 446. The van der Waals surface area contributed by atoms with Crippen LogP contribution in [0.4, 0.5) is 0 Å². The van der Waals surface area contributed by atoms with Gasteiger partial charge in [-0.05, 0) is 30.7 Å². The van der Waals surface area contributed by atoms with E-state index in [2.05, 4.69) is 6.92 Å². The number of methoxy groups -OCH3 is 2. The fourth-order valence-corrected chi connectivity index (χ4v) is 3.42. The lowest BCUT2D eigenvalue weighted by atomic mass is 10.0. The van der Waals surface area contributed by atoms with Crippen LogP contribution >= 0.6 is 23.2 Å². The second kappa shape index (κ2) is 5.58. The van der Waals surface area contributed by atoms with Crippen molar-refractivity contribution >= 4 is 23.2 Å². The maximum Gasteiger partial charge on any atom is 0.165 e. The quantitative estimate of drug-likeness (QED) is 0.584. The molecule has 0 saturated carbocycles. The molecule has 2 atom stereocenters. The van der Waals surface area contributed by atoms with Crippen molar-refractivity contribution in [3.05, 3.63) is 22.2 Å². The van der Waals surface area contributed by atoms with Crippen LogP contribution in [0.25, 0.3) is 0 Å². The maximum absolute atomic E-state index is 6.54. The lowest BCUT2D eigenvalue weighted by molar-refractivity contribution is 0.350. The Hall–Kier alpha value is -0.600. The lowest BCUT2D eigenvalue weighted by Crippen LogP contribution is -2.02. The lowest BCUT2D eigenvalue weighted by Gasteiger charge is -2.19. The average Bonchev–Trinajstić information content (AvgIpc) is 2.49. The molecule has 2 nitrogen and oxygen atoms in total. The highest BCUT2D eigenvalue weighted by Gasteiger charge is 2.28. The fraction of sp³-hybridized carbons (Fsp3) is 0.571. The van der Waals surface area contributed by atoms with E-state index < -0.39 is 0 Å². The van der Waals surface area contributed by atoms with Crippen molar-refractivity contribution in [2.75, 3.05) is 14.2 Å². The van der Waals surface area contributed by atoms with Gasteiger partial charge < -0.3 is 9.47 Å². The van der Waals surface area contributed by atoms with Crippen molar-refractivity contribution in [1.82, 2.24) is 0 Å². The van der Waals surface area contributed by atoms with E-state index in [1.54, 1.807) is 14.2 Å². The predicted octanol–water partition coefficient (Wildman–Crippen LogP) is 4.61. The molecular weight excluding hydrogens is 271 g/mol. The van der Waals surface area contributed by atoms with Gasteiger partial charge >= 0.3 is 0 Å². The summed E-state index contributed by atoms with van der Waals surface area (Å²) in [6, 6.07) is 1.82. The molecule has 0 aromatic heterocycles. The number of alkyl halides is 1. The van der Waals surface area contributed by atoms with Crippen molar-refractivity contribution in [3.8, 4) is 11.5 Å².